The van der Waals surface area contributed by atoms with E-state index in [1.807, 2.05) is 0 Å². The van der Waals surface area contributed by atoms with Gasteiger partial charge in [-0.05, 0) is 31.6 Å². The van der Waals surface area contributed by atoms with Crippen LogP contribution >= 0.6 is 15.6 Å². The van der Waals surface area contributed by atoms with Gasteiger partial charge >= 0.3 is 39.5 Å². The first-order chi connectivity index (χ1) is 53.1. The van der Waals surface area contributed by atoms with E-state index in [9.17, 15) is 43.2 Å². The lowest BCUT2D eigenvalue weighted by molar-refractivity contribution is -0.161. The summed E-state index contributed by atoms with van der Waals surface area (Å²) in [7, 11) is -9.93. The second-order valence-corrected chi connectivity index (χ2v) is 35.5. The Morgan fingerprint density at radius 3 is 0.651 bits per heavy atom. The maximum absolute atomic E-state index is 13.2. The second kappa shape index (κ2) is 82.6. The number of hydrogen-bond donors (Lipinski definition) is 3. The number of carbonyl (C=O) groups is 4. The number of esters is 4. The Morgan fingerprint density at radius 2 is 0.440 bits per heavy atom. The molecule has 3 N–H and O–H groups in total. The van der Waals surface area contributed by atoms with Crippen LogP contribution in [-0.2, 0) is 65.4 Å². The molecule has 0 aliphatic carbocycles. The highest BCUT2D eigenvalue weighted by molar-refractivity contribution is 7.47. The van der Waals surface area contributed by atoms with Gasteiger partial charge in [0.2, 0.25) is 0 Å². The van der Waals surface area contributed by atoms with Crippen LogP contribution in [0.25, 0.3) is 0 Å². The molecular formula is C90H176O17P2. The number of phosphoric ester groups is 2. The Labute approximate surface area is 670 Å². The third-order valence-electron chi connectivity index (χ3n) is 21.6. The van der Waals surface area contributed by atoms with Crippen molar-refractivity contribution < 1.29 is 80.2 Å². The molecule has 0 aliphatic rings. The summed E-state index contributed by atoms with van der Waals surface area (Å²) in [5.41, 5.74) is 0. The summed E-state index contributed by atoms with van der Waals surface area (Å²) in [6.07, 6.45) is 77.8. The molecule has 0 spiro atoms. The zero-order valence-electron chi connectivity index (χ0n) is 71.7. The fourth-order valence-electron chi connectivity index (χ4n) is 14.1. The van der Waals surface area contributed by atoms with E-state index < -0.39 is 97.5 Å². The first-order valence-corrected chi connectivity index (χ1v) is 49.7. The molecule has 0 aromatic heterocycles. The van der Waals surface area contributed by atoms with Gasteiger partial charge in [-0.15, -0.1) is 0 Å². The van der Waals surface area contributed by atoms with E-state index in [0.717, 1.165) is 95.8 Å². The molecule has 6 atom stereocenters. The largest absolute Gasteiger partial charge is 0.472 e. The van der Waals surface area contributed by atoms with E-state index in [0.29, 0.717) is 25.7 Å². The topological polar surface area (TPSA) is 237 Å². The van der Waals surface area contributed by atoms with Gasteiger partial charge in [0.05, 0.1) is 26.4 Å². The molecule has 0 saturated heterocycles. The minimum Gasteiger partial charge on any atom is -0.462 e. The van der Waals surface area contributed by atoms with E-state index in [4.69, 9.17) is 37.0 Å². The highest BCUT2D eigenvalue weighted by Gasteiger charge is 2.31. The van der Waals surface area contributed by atoms with Crippen LogP contribution in [0.3, 0.4) is 0 Å². The number of aliphatic hydroxyl groups is 1. The van der Waals surface area contributed by atoms with Crippen molar-refractivity contribution in [2.75, 3.05) is 39.6 Å². The van der Waals surface area contributed by atoms with E-state index in [-0.39, 0.29) is 25.7 Å². The number of carbonyl (C=O) groups excluding carboxylic acids is 4. The fraction of sp³-hybridized carbons (Fsp3) is 0.956. The molecule has 0 aromatic carbocycles. The summed E-state index contributed by atoms with van der Waals surface area (Å²) >= 11 is 0. The number of rotatable bonds is 90. The predicted octanol–water partition coefficient (Wildman–Crippen LogP) is 27.9. The molecule has 0 heterocycles. The van der Waals surface area contributed by atoms with Crippen molar-refractivity contribution in [3.05, 3.63) is 0 Å². The van der Waals surface area contributed by atoms with Crippen LogP contribution in [0.15, 0.2) is 0 Å². The molecule has 0 radical (unpaired) electrons. The summed E-state index contributed by atoms with van der Waals surface area (Å²) < 4.78 is 69.1. The summed E-state index contributed by atoms with van der Waals surface area (Å²) in [5.74, 6) is -1.32. The summed E-state index contributed by atoms with van der Waals surface area (Å²) in [4.78, 5) is 73.4. The van der Waals surface area contributed by atoms with Crippen molar-refractivity contribution in [3.8, 4) is 0 Å². The average molecular weight is 1590 g/mol. The lowest BCUT2D eigenvalue weighted by atomic mass is 9.99. The molecule has 17 nitrogen and oxygen atoms in total. The molecule has 3 unspecified atom stereocenters. The molecule has 0 rings (SSSR count). The minimum absolute atomic E-state index is 0.108. The molecule has 648 valence electrons. The second-order valence-electron chi connectivity index (χ2n) is 32.6. The van der Waals surface area contributed by atoms with Crippen LogP contribution in [0.2, 0.25) is 0 Å². The Bertz CT molecular complexity index is 2070. The van der Waals surface area contributed by atoms with E-state index in [1.54, 1.807) is 0 Å². The highest BCUT2D eigenvalue weighted by atomic mass is 31.2. The highest BCUT2D eigenvalue weighted by Crippen LogP contribution is 2.45. The van der Waals surface area contributed by atoms with Gasteiger partial charge in [-0.1, -0.05) is 439 Å². The van der Waals surface area contributed by atoms with Crippen molar-refractivity contribution in [2.24, 2.45) is 5.92 Å². The molecule has 0 amide bonds. The quantitative estimate of drug-likeness (QED) is 0.0222. The average Bonchev–Trinajstić information content (AvgIpc) is 0.897. The Morgan fingerprint density at radius 1 is 0.257 bits per heavy atom. The smallest absolute Gasteiger partial charge is 0.462 e. The normalized spacial score (nSPS) is 13.9. The first kappa shape index (κ1) is 107. The Kier molecular flexibility index (Phi) is 81.1. The van der Waals surface area contributed by atoms with Crippen LogP contribution in [0, 0.1) is 5.92 Å². The third-order valence-corrected chi connectivity index (χ3v) is 23.5. The Balaban J connectivity index is 5.24. The molecule has 109 heavy (non-hydrogen) atoms. The van der Waals surface area contributed by atoms with Crippen LogP contribution in [-0.4, -0.2) is 96.7 Å². The van der Waals surface area contributed by atoms with Crippen LogP contribution in [0.1, 0.15) is 490 Å². The zero-order chi connectivity index (χ0) is 79.7. The molecule has 0 aromatic rings. The van der Waals surface area contributed by atoms with Gasteiger partial charge in [-0.3, -0.25) is 37.3 Å². The van der Waals surface area contributed by atoms with Gasteiger partial charge in [0.15, 0.2) is 12.2 Å². The molecule has 0 bridgehead atoms. The predicted molar refractivity (Wildman–Crippen MR) is 451 cm³/mol. The first-order valence-electron chi connectivity index (χ1n) is 46.7. The van der Waals surface area contributed by atoms with Crippen LogP contribution in [0.5, 0.6) is 0 Å². The molecule has 0 saturated carbocycles. The molecule has 0 aliphatic heterocycles. The van der Waals surface area contributed by atoms with Gasteiger partial charge in [0, 0.05) is 25.7 Å². The van der Waals surface area contributed by atoms with Crippen LogP contribution in [0.4, 0.5) is 0 Å². The lowest BCUT2D eigenvalue weighted by Crippen LogP contribution is -2.30. The number of aliphatic hydroxyl groups excluding tert-OH is 1. The lowest BCUT2D eigenvalue weighted by Gasteiger charge is -2.21. The van der Waals surface area contributed by atoms with Crippen molar-refractivity contribution >= 4 is 39.5 Å². The van der Waals surface area contributed by atoms with E-state index >= 15 is 0 Å². The maximum atomic E-state index is 13.2. The Hall–Kier alpha value is -1.94. The molecule has 19 heteroatoms. The third kappa shape index (κ3) is 82.4. The van der Waals surface area contributed by atoms with Gasteiger partial charge in [0.1, 0.15) is 19.3 Å². The minimum atomic E-state index is -4.97. The number of hydrogen-bond acceptors (Lipinski definition) is 15. The zero-order valence-corrected chi connectivity index (χ0v) is 73.5. The van der Waals surface area contributed by atoms with Gasteiger partial charge < -0.3 is 33.8 Å². The van der Waals surface area contributed by atoms with Crippen molar-refractivity contribution in [1.82, 2.24) is 0 Å². The SMILES string of the molecule is CCCCCCCCCCCCCCCCCCCCCCCC(=O)O[C@H](COC(=O)CCCCCCCCCCCCCCCCCCCCCC)COP(=O)(O)OC[C@@H](O)COP(=O)(O)OC[C@@H](COC(=O)CCCCCCCCCCC(C)CC)OC(=O)CCCCCCCCCCCCCCCCCC. The van der Waals surface area contributed by atoms with E-state index in [2.05, 4.69) is 34.6 Å². The number of phosphoric acid groups is 2. The van der Waals surface area contributed by atoms with Gasteiger partial charge in [-0.25, -0.2) is 9.13 Å². The van der Waals surface area contributed by atoms with Gasteiger partial charge in [0.25, 0.3) is 0 Å². The summed E-state index contributed by atoms with van der Waals surface area (Å²) in [5, 5.41) is 10.7. The van der Waals surface area contributed by atoms with Crippen LogP contribution < -0.4 is 0 Å². The monoisotopic (exact) mass is 1590 g/mol. The van der Waals surface area contributed by atoms with E-state index in [1.165, 1.54) is 315 Å². The maximum Gasteiger partial charge on any atom is 0.472 e. The molecular weight excluding hydrogens is 1410 g/mol. The van der Waals surface area contributed by atoms with Crippen molar-refractivity contribution in [2.45, 2.75) is 509 Å². The van der Waals surface area contributed by atoms with Crippen molar-refractivity contribution in [3.63, 3.8) is 0 Å². The van der Waals surface area contributed by atoms with Crippen molar-refractivity contribution in [1.29, 1.82) is 0 Å². The van der Waals surface area contributed by atoms with Gasteiger partial charge in [-0.2, -0.15) is 0 Å². The number of unbranched alkanes of at least 4 members (excludes halogenated alkanes) is 61. The molecule has 0 fully saturated rings. The fourth-order valence-corrected chi connectivity index (χ4v) is 15.7. The number of ether oxygens (including phenoxy) is 4. The standard InChI is InChI=1S/C90H176O17P2/c1-6-10-13-16-19-22-25-28-31-34-36-38-40-42-45-48-51-54-61-66-71-76-89(94)106-85(79-100-87(92)73-68-63-58-52-49-46-44-41-39-37-35-32-29-26-23-20-17-14-11-7-2)81-104-108(96,97)102-77-84(91)78-103-109(98,99)105-82-86(80-101-88(93)74-69-64-59-56-55-57-62-67-72-83(5)9-4)107-90(95)75-70-65-60-53-50-47-43-33-30-27-24-21-18-15-12-8-3/h83-86,91H,6-82H2,1-5H3,(H,96,97)(H,98,99)/t83?,84-,85-,86-/m1/s1. The summed E-state index contributed by atoms with van der Waals surface area (Å²) in [6, 6.07) is 0. The summed E-state index contributed by atoms with van der Waals surface area (Å²) in [6.45, 7) is 7.39.